The quantitative estimate of drug-likeness (QED) is 0.827. The van der Waals surface area contributed by atoms with Gasteiger partial charge in [-0.2, -0.15) is 0 Å². The van der Waals surface area contributed by atoms with E-state index in [0.29, 0.717) is 25.9 Å². The predicted octanol–water partition coefficient (Wildman–Crippen LogP) is 0.712. The second kappa shape index (κ2) is 6.72. The number of amides is 2. The van der Waals surface area contributed by atoms with Crippen molar-refractivity contribution < 1.29 is 19.5 Å². The topological polar surface area (TPSA) is 77.9 Å². The molecule has 1 N–H and O–H groups in total. The molecule has 0 radical (unpaired) electrons. The second-order valence-corrected chi connectivity index (χ2v) is 5.64. The van der Waals surface area contributed by atoms with Crippen molar-refractivity contribution in [3.05, 3.63) is 0 Å². The summed E-state index contributed by atoms with van der Waals surface area (Å²) in [5, 5.41) is 9.04. The third-order valence-electron chi connectivity index (χ3n) is 4.12. The van der Waals surface area contributed by atoms with Gasteiger partial charge in [-0.25, -0.2) is 0 Å². The van der Waals surface area contributed by atoms with Gasteiger partial charge in [-0.05, 0) is 25.7 Å². The van der Waals surface area contributed by atoms with Crippen LogP contribution in [0.4, 0.5) is 0 Å². The van der Waals surface area contributed by atoms with E-state index < -0.39 is 11.9 Å². The minimum absolute atomic E-state index is 0.0441. The van der Waals surface area contributed by atoms with Crippen LogP contribution < -0.4 is 0 Å². The first-order valence-corrected chi connectivity index (χ1v) is 7.36. The van der Waals surface area contributed by atoms with Gasteiger partial charge in [0.25, 0.3) is 0 Å². The molecule has 0 aromatic heterocycles. The third kappa shape index (κ3) is 3.71. The van der Waals surface area contributed by atoms with Crippen molar-refractivity contribution in [3.8, 4) is 0 Å². The fraction of sp³-hybridized carbons (Fsp3) is 0.786. The van der Waals surface area contributed by atoms with Crippen molar-refractivity contribution in [2.75, 3.05) is 26.2 Å². The maximum atomic E-state index is 12.2. The van der Waals surface area contributed by atoms with Gasteiger partial charge < -0.3 is 14.9 Å². The first-order valence-electron chi connectivity index (χ1n) is 7.36. The smallest absolute Gasteiger partial charge is 0.308 e. The molecule has 0 aliphatic carbocycles. The second-order valence-electron chi connectivity index (χ2n) is 5.64. The minimum atomic E-state index is -0.839. The van der Waals surface area contributed by atoms with Crippen LogP contribution >= 0.6 is 0 Å². The monoisotopic (exact) mass is 282 g/mol. The van der Waals surface area contributed by atoms with E-state index in [1.807, 2.05) is 0 Å². The Morgan fingerprint density at radius 2 is 1.95 bits per heavy atom. The van der Waals surface area contributed by atoms with E-state index in [9.17, 15) is 14.4 Å². The lowest BCUT2D eigenvalue weighted by Gasteiger charge is -2.32. The average molecular weight is 282 g/mol. The molecule has 1 atom stereocenters. The third-order valence-corrected chi connectivity index (χ3v) is 4.12. The molecule has 2 aliphatic heterocycles. The molecule has 6 nitrogen and oxygen atoms in total. The summed E-state index contributed by atoms with van der Waals surface area (Å²) in [7, 11) is 0. The summed E-state index contributed by atoms with van der Waals surface area (Å²) in [6, 6.07) is 0. The first kappa shape index (κ1) is 14.8. The van der Waals surface area contributed by atoms with Crippen molar-refractivity contribution in [1.82, 2.24) is 9.80 Å². The highest BCUT2D eigenvalue weighted by Gasteiger charge is 2.29. The van der Waals surface area contributed by atoms with Crippen LogP contribution in [-0.4, -0.2) is 58.9 Å². The standard InChI is InChI=1S/C14H22N2O4/c17-12-6-2-1-3-7-16(12)10-13(18)15-8-4-5-11(9-15)14(19)20/h11H,1-10H2,(H,19,20)/t11-/m1/s1. The molecule has 0 spiro atoms. The van der Waals surface area contributed by atoms with Crippen molar-refractivity contribution in [1.29, 1.82) is 0 Å². The van der Waals surface area contributed by atoms with Gasteiger partial charge in [0, 0.05) is 26.1 Å². The number of carboxylic acids is 1. The van der Waals surface area contributed by atoms with Crippen LogP contribution in [0.15, 0.2) is 0 Å². The Hall–Kier alpha value is -1.59. The molecular weight excluding hydrogens is 260 g/mol. The first-order chi connectivity index (χ1) is 9.58. The predicted molar refractivity (Wildman–Crippen MR) is 72.0 cm³/mol. The van der Waals surface area contributed by atoms with Crippen molar-refractivity contribution in [2.45, 2.75) is 38.5 Å². The lowest BCUT2D eigenvalue weighted by atomic mass is 9.98. The molecular formula is C14H22N2O4. The Kier molecular flexibility index (Phi) is 4.98. The number of hydrogen-bond donors (Lipinski definition) is 1. The normalized spacial score (nSPS) is 24.4. The van der Waals surface area contributed by atoms with Crippen LogP contribution in [0.25, 0.3) is 0 Å². The summed E-state index contributed by atoms with van der Waals surface area (Å²) in [6.45, 7) is 1.62. The van der Waals surface area contributed by atoms with Crippen LogP contribution in [0.5, 0.6) is 0 Å². The van der Waals surface area contributed by atoms with E-state index in [4.69, 9.17) is 5.11 Å². The molecule has 2 amide bonds. The van der Waals surface area contributed by atoms with Crippen LogP contribution in [0.3, 0.4) is 0 Å². The van der Waals surface area contributed by atoms with Gasteiger partial charge in [-0.15, -0.1) is 0 Å². The van der Waals surface area contributed by atoms with Crippen LogP contribution in [0.1, 0.15) is 38.5 Å². The van der Waals surface area contributed by atoms with Crippen LogP contribution in [-0.2, 0) is 14.4 Å². The van der Waals surface area contributed by atoms with Gasteiger partial charge in [0.05, 0.1) is 12.5 Å². The summed E-state index contributed by atoms with van der Waals surface area (Å²) in [6.07, 6.45) is 4.73. The molecule has 6 heteroatoms. The molecule has 0 aromatic carbocycles. The summed E-state index contributed by atoms with van der Waals surface area (Å²) in [5.74, 6) is -1.38. The van der Waals surface area contributed by atoms with Gasteiger partial charge in [0.2, 0.25) is 11.8 Å². The highest BCUT2D eigenvalue weighted by atomic mass is 16.4. The minimum Gasteiger partial charge on any atom is -0.481 e. The summed E-state index contributed by atoms with van der Waals surface area (Å²) in [4.78, 5) is 38.3. The van der Waals surface area contributed by atoms with E-state index >= 15 is 0 Å². The van der Waals surface area contributed by atoms with E-state index in [2.05, 4.69) is 0 Å². The largest absolute Gasteiger partial charge is 0.481 e. The zero-order chi connectivity index (χ0) is 14.5. The number of aliphatic carboxylic acids is 1. The van der Waals surface area contributed by atoms with E-state index in [0.717, 1.165) is 25.7 Å². The molecule has 2 saturated heterocycles. The number of likely N-dealkylation sites (tertiary alicyclic amines) is 2. The van der Waals surface area contributed by atoms with Crippen LogP contribution in [0.2, 0.25) is 0 Å². The lowest BCUT2D eigenvalue weighted by molar-refractivity contribution is -0.147. The molecule has 0 bridgehead atoms. The summed E-state index contributed by atoms with van der Waals surface area (Å²) < 4.78 is 0. The highest BCUT2D eigenvalue weighted by molar-refractivity contribution is 5.85. The number of nitrogens with zero attached hydrogens (tertiary/aromatic N) is 2. The summed E-state index contributed by atoms with van der Waals surface area (Å²) >= 11 is 0. The average Bonchev–Trinajstić information content (AvgIpc) is 2.64. The Balaban J connectivity index is 1.90. The molecule has 112 valence electrons. The maximum absolute atomic E-state index is 12.2. The number of hydrogen-bond acceptors (Lipinski definition) is 3. The number of carbonyl (C=O) groups is 3. The molecule has 0 unspecified atom stereocenters. The van der Waals surface area contributed by atoms with Crippen molar-refractivity contribution in [2.24, 2.45) is 5.92 Å². The molecule has 2 fully saturated rings. The molecule has 2 rings (SSSR count). The fourth-order valence-corrected chi connectivity index (χ4v) is 2.87. The number of carboxylic acid groups (broad SMARTS) is 1. The molecule has 2 heterocycles. The van der Waals surface area contributed by atoms with Gasteiger partial charge >= 0.3 is 5.97 Å². The maximum Gasteiger partial charge on any atom is 0.308 e. The number of piperidine rings is 1. The number of rotatable bonds is 3. The van der Waals surface area contributed by atoms with Gasteiger partial charge in [0.15, 0.2) is 0 Å². The Morgan fingerprint density at radius 3 is 2.70 bits per heavy atom. The molecule has 2 aliphatic rings. The van der Waals surface area contributed by atoms with Crippen molar-refractivity contribution >= 4 is 17.8 Å². The molecule has 0 aromatic rings. The van der Waals surface area contributed by atoms with Crippen LogP contribution in [0, 0.1) is 5.92 Å². The van der Waals surface area contributed by atoms with Gasteiger partial charge in [0.1, 0.15) is 0 Å². The van der Waals surface area contributed by atoms with Gasteiger partial charge in [-0.1, -0.05) is 6.42 Å². The summed E-state index contributed by atoms with van der Waals surface area (Å²) in [5.41, 5.74) is 0. The Bertz CT molecular complexity index is 397. The number of carbonyl (C=O) groups excluding carboxylic acids is 2. The molecule has 0 saturated carbocycles. The van der Waals surface area contributed by atoms with E-state index in [-0.39, 0.29) is 24.9 Å². The van der Waals surface area contributed by atoms with Gasteiger partial charge in [-0.3, -0.25) is 14.4 Å². The van der Waals surface area contributed by atoms with Crippen molar-refractivity contribution in [3.63, 3.8) is 0 Å². The Morgan fingerprint density at radius 1 is 1.15 bits per heavy atom. The Labute approximate surface area is 118 Å². The highest BCUT2D eigenvalue weighted by Crippen LogP contribution is 2.17. The fourth-order valence-electron chi connectivity index (χ4n) is 2.87. The lowest BCUT2D eigenvalue weighted by Crippen LogP contribution is -2.47. The molecule has 20 heavy (non-hydrogen) atoms. The zero-order valence-electron chi connectivity index (χ0n) is 11.7. The SMILES string of the molecule is O=C(O)[C@@H]1CCCN(C(=O)CN2CCCCCC2=O)C1. The zero-order valence-corrected chi connectivity index (χ0v) is 11.7. The van der Waals surface area contributed by atoms with E-state index in [1.165, 1.54) is 0 Å². The van der Waals surface area contributed by atoms with E-state index in [1.54, 1.807) is 9.80 Å².